The SMILES string of the molecule is O=C(O)C1CCN(S(=O)(=O)c2ccc(OCc3ccccc3)cc2)CC1. The van der Waals surface area contributed by atoms with Crippen molar-refractivity contribution in [3.63, 3.8) is 0 Å². The third-order valence-electron chi connectivity index (χ3n) is 4.51. The molecule has 0 radical (unpaired) electrons. The second-order valence-corrected chi connectivity index (χ2v) is 8.20. The summed E-state index contributed by atoms with van der Waals surface area (Å²) in [4.78, 5) is 11.2. The van der Waals surface area contributed by atoms with Crippen LogP contribution in [-0.2, 0) is 21.4 Å². The number of carboxylic acids is 1. The molecule has 3 rings (SSSR count). The highest BCUT2D eigenvalue weighted by Crippen LogP contribution is 2.25. The van der Waals surface area contributed by atoms with E-state index < -0.39 is 21.9 Å². The Labute approximate surface area is 153 Å². The monoisotopic (exact) mass is 375 g/mol. The van der Waals surface area contributed by atoms with Gasteiger partial charge >= 0.3 is 5.97 Å². The Morgan fingerprint density at radius 1 is 1.04 bits per heavy atom. The van der Waals surface area contributed by atoms with Gasteiger partial charge in [-0.15, -0.1) is 0 Å². The summed E-state index contributed by atoms with van der Waals surface area (Å²) in [6.07, 6.45) is 0.680. The lowest BCUT2D eigenvalue weighted by molar-refractivity contribution is -0.142. The Hall–Kier alpha value is -2.38. The van der Waals surface area contributed by atoms with Crippen molar-refractivity contribution in [3.05, 3.63) is 60.2 Å². The lowest BCUT2D eigenvalue weighted by atomic mass is 9.99. The zero-order chi connectivity index (χ0) is 18.6. The Kier molecular flexibility index (Phi) is 5.58. The molecule has 26 heavy (non-hydrogen) atoms. The van der Waals surface area contributed by atoms with Crippen molar-refractivity contribution in [2.45, 2.75) is 24.3 Å². The molecule has 2 aromatic carbocycles. The van der Waals surface area contributed by atoms with Crippen LogP contribution >= 0.6 is 0 Å². The highest BCUT2D eigenvalue weighted by molar-refractivity contribution is 7.89. The third-order valence-corrected chi connectivity index (χ3v) is 6.43. The first kappa shape index (κ1) is 18.4. The molecule has 0 atom stereocenters. The molecular formula is C19H21NO5S. The van der Waals surface area contributed by atoms with E-state index in [1.54, 1.807) is 12.1 Å². The Bertz CT molecular complexity index is 841. The molecule has 0 aromatic heterocycles. The van der Waals surface area contributed by atoms with Gasteiger partial charge in [0.25, 0.3) is 0 Å². The second kappa shape index (κ2) is 7.88. The minimum Gasteiger partial charge on any atom is -0.489 e. The fourth-order valence-electron chi connectivity index (χ4n) is 2.94. The normalized spacial score (nSPS) is 16.3. The van der Waals surface area contributed by atoms with Crippen molar-refractivity contribution in [2.24, 2.45) is 5.92 Å². The van der Waals surface area contributed by atoms with Crippen LogP contribution in [0.15, 0.2) is 59.5 Å². The smallest absolute Gasteiger partial charge is 0.306 e. The van der Waals surface area contributed by atoms with Crippen molar-refractivity contribution >= 4 is 16.0 Å². The summed E-state index contributed by atoms with van der Waals surface area (Å²) in [6, 6.07) is 16.0. The van der Waals surface area contributed by atoms with Crippen molar-refractivity contribution in [3.8, 4) is 5.75 Å². The number of rotatable bonds is 6. The topological polar surface area (TPSA) is 83.9 Å². The molecule has 7 heteroatoms. The number of hydrogen-bond acceptors (Lipinski definition) is 4. The van der Waals surface area contributed by atoms with Gasteiger partial charge in [-0.05, 0) is 42.7 Å². The van der Waals surface area contributed by atoms with Crippen molar-refractivity contribution in [1.29, 1.82) is 0 Å². The third kappa shape index (κ3) is 4.23. The molecule has 1 N–H and O–H groups in total. The molecule has 0 unspecified atom stereocenters. The van der Waals surface area contributed by atoms with Crippen molar-refractivity contribution < 1.29 is 23.1 Å². The van der Waals surface area contributed by atoms with Crippen LogP contribution in [0.25, 0.3) is 0 Å². The molecule has 1 heterocycles. The fraction of sp³-hybridized carbons (Fsp3) is 0.316. The van der Waals surface area contributed by atoms with Gasteiger partial charge in [0.15, 0.2) is 0 Å². The van der Waals surface area contributed by atoms with E-state index in [4.69, 9.17) is 9.84 Å². The van der Waals surface area contributed by atoms with E-state index in [0.29, 0.717) is 25.2 Å². The van der Waals surface area contributed by atoms with E-state index in [1.165, 1.54) is 16.4 Å². The number of hydrogen-bond donors (Lipinski definition) is 1. The summed E-state index contributed by atoms with van der Waals surface area (Å²) in [7, 11) is -3.61. The van der Waals surface area contributed by atoms with Crippen LogP contribution < -0.4 is 4.74 Å². The van der Waals surface area contributed by atoms with Crippen molar-refractivity contribution in [1.82, 2.24) is 4.31 Å². The summed E-state index contributed by atoms with van der Waals surface area (Å²) in [5.74, 6) is -0.727. The second-order valence-electron chi connectivity index (χ2n) is 6.26. The molecule has 6 nitrogen and oxygen atoms in total. The van der Waals surface area contributed by atoms with E-state index in [1.807, 2.05) is 30.3 Å². The van der Waals surface area contributed by atoms with Gasteiger partial charge in [0.1, 0.15) is 12.4 Å². The average molecular weight is 375 g/mol. The zero-order valence-electron chi connectivity index (χ0n) is 14.2. The van der Waals surface area contributed by atoms with Crippen LogP contribution in [0.5, 0.6) is 5.75 Å². The first-order valence-corrected chi connectivity index (χ1v) is 9.90. The quantitative estimate of drug-likeness (QED) is 0.839. The van der Waals surface area contributed by atoms with E-state index in [9.17, 15) is 13.2 Å². The Morgan fingerprint density at radius 2 is 1.65 bits per heavy atom. The van der Waals surface area contributed by atoms with Crippen LogP contribution in [0, 0.1) is 5.92 Å². The standard InChI is InChI=1S/C19H21NO5S/c21-19(22)16-10-12-20(13-11-16)26(23,24)18-8-6-17(7-9-18)25-14-15-4-2-1-3-5-15/h1-9,16H,10-14H2,(H,21,22). The van der Waals surface area contributed by atoms with Gasteiger partial charge in [0, 0.05) is 13.1 Å². The van der Waals surface area contributed by atoms with Gasteiger partial charge in [0.2, 0.25) is 10.0 Å². The van der Waals surface area contributed by atoms with Crippen LogP contribution in [0.3, 0.4) is 0 Å². The predicted molar refractivity (Wildman–Crippen MR) is 96.3 cm³/mol. The lowest BCUT2D eigenvalue weighted by Gasteiger charge is -2.29. The van der Waals surface area contributed by atoms with E-state index >= 15 is 0 Å². The summed E-state index contributed by atoms with van der Waals surface area (Å²) >= 11 is 0. The van der Waals surface area contributed by atoms with Gasteiger partial charge < -0.3 is 9.84 Å². The summed E-state index contributed by atoms with van der Waals surface area (Å²) < 4.78 is 32.4. The molecule has 0 bridgehead atoms. The Morgan fingerprint density at radius 3 is 2.23 bits per heavy atom. The Balaban J connectivity index is 1.63. The van der Waals surface area contributed by atoms with Crippen LogP contribution in [0.4, 0.5) is 0 Å². The van der Waals surface area contributed by atoms with E-state index in [0.717, 1.165) is 5.56 Å². The number of carbonyl (C=O) groups is 1. The molecule has 2 aromatic rings. The number of sulfonamides is 1. The lowest BCUT2D eigenvalue weighted by Crippen LogP contribution is -2.40. The maximum atomic E-state index is 12.7. The van der Waals surface area contributed by atoms with E-state index in [-0.39, 0.29) is 18.0 Å². The minimum atomic E-state index is -3.61. The van der Waals surface area contributed by atoms with Gasteiger partial charge in [-0.25, -0.2) is 8.42 Å². The molecule has 1 saturated heterocycles. The minimum absolute atomic E-state index is 0.193. The number of benzene rings is 2. The number of piperidine rings is 1. The highest BCUT2D eigenvalue weighted by atomic mass is 32.2. The fourth-order valence-corrected chi connectivity index (χ4v) is 4.41. The maximum absolute atomic E-state index is 12.7. The molecule has 0 aliphatic carbocycles. The van der Waals surface area contributed by atoms with Crippen LogP contribution in [-0.4, -0.2) is 36.9 Å². The molecule has 1 aliphatic rings. The van der Waals surface area contributed by atoms with Crippen LogP contribution in [0.2, 0.25) is 0 Å². The molecular weight excluding hydrogens is 354 g/mol. The van der Waals surface area contributed by atoms with Gasteiger partial charge in [0.05, 0.1) is 10.8 Å². The highest BCUT2D eigenvalue weighted by Gasteiger charge is 2.31. The first-order chi connectivity index (χ1) is 12.5. The molecule has 138 valence electrons. The summed E-state index contributed by atoms with van der Waals surface area (Å²) in [5, 5.41) is 9.03. The van der Waals surface area contributed by atoms with E-state index in [2.05, 4.69) is 0 Å². The molecule has 0 amide bonds. The van der Waals surface area contributed by atoms with Gasteiger partial charge in [-0.2, -0.15) is 4.31 Å². The average Bonchev–Trinajstić information content (AvgIpc) is 2.67. The number of carboxylic acid groups (broad SMARTS) is 1. The van der Waals surface area contributed by atoms with Gasteiger partial charge in [-0.1, -0.05) is 30.3 Å². The zero-order valence-corrected chi connectivity index (χ0v) is 15.1. The molecule has 0 spiro atoms. The number of aliphatic carboxylic acids is 1. The summed E-state index contributed by atoms with van der Waals surface area (Å²) in [6.45, 7) is 0.868. The summed E-state index contributed by atoms with van der Waals surface area (Å²) in [5.41, 5.74) is 1.03. The van der Waals surface area contributed by atoms with Crippen molar-refractivity contribution in [2.75, 3.05) is 13.1 Å². The largest absolute Gasteiger partial charge is 0.489 e. The molecule has 0 saturated carbocycles. The first-order valence-electron chi connectivity index (χ1n) is 8.46. The number of ether oxygens (including phenoxy) is 1. The maximum Gasteiger partial charge on any atom is 0.306 e. The van der Waals surface area contributed by atoms with Gasteiger partial charge in [-0.3, -0.25) is 4.79 Å². The number of nitrogens with zero attached hydrogens (tertiary/aromatic N) is 1. The predicted octanol–water partition coefficient (Wildman–Crippen LogP) is 2.75. The van der Waals surface area contributed by atoms with Crippen LogP contribution in [0.1, 0.15) is 18.4 Å². The molecule has 1 fully saturated rings. The molecule has 1 aliphatic heterocycles.